The quantitative estimate of drug-likeness (QED) is 0.585. The van der Waals surface area contributed by atoms with E-state index in [0.717, 1.165) is 6.20 Å². The summed E-state index contributed by atoms with van der Waals surface area (Å²) < 4.78 is 12.6. The second kappa shape index (κ2) is 2.64. The van der Waals surface area contributed by atoms with Crippen LogP contribution in [0.5, 0.6) is 0 Å². The normalized spacial score (nSPS) is 10.5. The first-order valence-corrected chi connectivity index (χ1v) is 3.57. The molecule has 0 N–H and O–H groups in total. The third-order valence-corrected chi connectivity index (χ3v) is 1.67. The first-order chi connectivity index (χ1) is 5.77. The first kappa shape index (κ1) is 7.36. The van der Waals surface area contributed by atoms with E-state index < -0.39 is 5.82 Å². The molecule has 2 heterocycles. The third-order valence-electron chi connectivity index (χ3n) is 1.40. The van der Waals surface area contributed by atoms with Crippen molar-refractivity contribution in [1.82, 2.24) is 15.0 Å². The summed E-state index contributed by atoms with van der Waals surface area (Å²) >= 11 is 5.67. The monoisotopic (exact) mass is 183 g/mol. The Morgan fingerprint density at radius 1 is 1.25 bits per heavy atom. The van der Waals surface area contributed by atoms with Gasteiger partial charge in [-0.1, -0.05) is 11.6 Å². The molecule has 0 fully saturated rings. The number of rotatable bonds is 0. The molecule has 2 rings (SSSR count). The molecule has 5 heteroatoms. The maximum atomic E-state index is 12.6. The van der Waals surface area contributed by atoms with Crippen LogP contribution in [-0.4, -0.2) is 15.0 Å². The van der Waals surface area contributed by atoms with Crippen LogP contribution in [0.15, 0.2) is 18.6 Å². The molecule has 0 saturated carbocycles. The van der Waals surface area contributed by atoms with E-state index in [0.29, 0.717) is 11.0 Å². The summed E-state index contributed by atoms with van der Waals surface area (Å²) in [5.74, 6) is -0.433. The number of hydrogen-bond acceptors (Lipinski definition) is 3. The summed E-state index contributed by atoms with van der Waals surface area (Å²) in [5.41, 5.74) is 0.829. The standard InChI is InChI=1S/C7H3ClFN3/c8-7-6-5(11-3-12-7)1-4(9)2-10-6/h1-3H. The number of aromatic nitrogens is 3. The number of pyridine rings is 1. The highest BCUT2D eigenvalue weighted by Gasteiger charge is 2.02. The SMILES string of the molecule is Fc1cnc2c(Cl)ncnc2c1. The molecule has 0 unspecified atom stereocenters. The Labute approximate surface area is 72.2 Å². The van der Waals surface area contributed by atoms with Gasteiger partial charge in [-0.05, 0) is 0 Å². The van der Waals surface area contributed by atoms with Gasteiger partial charge in [-0.3, -0.25) is 0 Å². The molecule has 0 aromatic carbocycles. The molecular weight excluding hydrogens is 181 g/mol. The molecule has 0 aliphatic carbocycles. The van der Waals surface area contributed by atoms with Crippen molar-refractivity contribution in [3.05, 3.63) is 29.6 Å². The predicted octanol–water partition coefficient (Wildman–Crippen LogP) is 1.82. The maximum absolute atomic E-state index is 12.6. The van der Waals surface area contributed by atoms with Crippen LogP contribution >= 0.6 is 11.6 Å². The molecule has 0 atom stereocenters. The van der Waals surface area contributed by atoms with Crippen LogP contribution < -0.4 is 0 Å². The van der Waals surface area contributed by atoms with Crippen LogP contribution in [-0.2, 0) is 0 Å². The second-order valence-electron chi connectivity index (χ2n) is 2.19. The minimum absolute atomic E-state index is 0.236. The summed E-state index contributed by atoms with van der Waals surface area (Å²) in [6.45, 7) is 0. The minimum atomic E-state index is -0.433. The molecule has 12 heavy (non-hydrogen) atoms. The van der Waals surface area contributed by atoms with Gasteiger partial charge in [-0.2, -0.15) is 0 Å². The lowest BCUT2D eigenvalue weighted by Gasteiger charge is -1.95. The zero-order valence-electron chi connectivity index (χ0n) is 5.83. The number of hydrogen-bond donors (Lipinski definition) is 0. The Bertz CT molecular complexity index is 432. The van der Waals surface area contributed by atoms with Crippen molar-refractivity contribution in [3.8, 4) is 0 Å². The van der Waals surface area contributed by atoms with Crippen LogP contribution in [0, 0.1) is 5.82 Å². The van der Waals surface area contributed by atoms with E-state index in [4.69, 9.17) is 11.6 Å². The van der Waals surface area contributed by atoms with Gasteiger partial charge in [0.05, 0.1) is 11.7 Å². The fourth-order valence-electron chi connectivity index (χ4n) is 0.889. The van der Waals surface area contributed by atoms with Gasteiger partial charge >= 0.3 is 0 Å². The average molecular weight is 184 g/mol. The van der Waals surface area contributed by atoms with E-state index in [1.165, 1.54) is 12.4 Å². The minimum Gasteiger partial charge on any atom is -0.248 e. The summed E-state index contributed by atoms with van der Waals surface area (Å²) in [6, 6.07) is 1.26. The van der Waals surface area contributed by atoms with E-state index >= 15 is 0 Å². The van der Waals surface area contributed by atoms with E-state index in [-0.39, 0.29) is 5.15 Å². The van der Waals surface area contributed by atoms with Crippen molar-refractivity contribution in [3.63, 3.8) is 0 Å². The molecule has 0 aliphatic rings. The zero-order valence-corrected chi connectivity index (χ0v) is 6.59. The van der Waals surface area contributed by atoms with Crippen molar-refractivity contribution in [1.29, 1.82) is 0 Å². The van der Waals surface area contributed by atoms with E-state index in [1.807, 2.05) is 0 Å². The van der Waals surface area contributed by atoms with Gasteiger partial charge in [0.1, 0.15) is 17.7 Å². The Kier molecular flexibility index (Phi) is 1.62. The Morgan fingerprint density at radius 2 is 2.08 bits per heavy atom. The molecule has 3 nitrogen and oxygen atoms in total. The molecule has 2 aromatic rings. The molecule has 2 aromatic heterocycles. The van der Waals surface area contributed by atoms with Crippen LogP contribution in [0.25, 0.3) is 11.0 Å². The van der Waals surface area contributed by atoms with Crippen molar-refractivity contribution < 1.29 is 4.39 Å². The summed E-state index contributed by atoms with van der Waals surface area (Å²) in [7, 11) is 0. The molecule has 0 amide bonds. The highest BCUT2D eigenvalue weighted by Crippen LogP contribution is 2.16. The molecule has 0 spiro atoms. The zero-order chi connectivity index (χ0) is 8.55. The highest BCUT2D eigenvalue weighted by molar-refractivity contribution is 6.33. The van der Waals surface area contributed by atoms with Crippen molar-refractivity contribution in [2.24, 2.45) is 0 Å². The van der Waals surface area contributed by atoms with Crippen LogP contribution in [0.1, 0.15) is 0 Å². The first-order valence-electron chi connectivity index (χ1n) is 3.19. The Balaban J connectivity index is 2.86. The van der Waals surface area contributed by atoms with Crippen LogP contribution in [0.3, 0.4) is 0 Å². The van der Waals surface area contributed by atoms with Gasteiger partial charge in [-0.25, -0.2) is 19.3 Å². The Hall–Kier alpha value is -1.29. The van der Waals surface area contributed by atoms with Crippen molar-refractivity contribution in [2.45, 2.75) is 0 Å². The lowest BCUT2D eigenvalue weighted by Crippen LogP contribution is -1.88. The lowest BCUT2D eigenvalue weighted by molar-refractivity contribution is 0.624. The molecular formula is C7H3ClFN3. The predicted molar refractivity (Wildman–Crippen MR) is 42.3 cm³/mol. The number of fused-ring (bicyclic) bond motifs is 1. The smallest absolute Gasteiger partial charge is 0.158 e. The van der Waals surface area contributed by atoms with Gasteiger partial charge < -0.3 is 0 Å². The molecule has 0 aliphatic heterocycles. The summed E-state index contributed by atoms with van der Waals surface area (Å²) in [6.07, 6.45) is 2.35. The number of halogens is 2. The van der Waals surface area contributed by atoms with Crippen LogP contribution in [0.2, 0.25) is 5.15 Å². The van der Waals surface area contributed by atoms with Gasteiger partial charge in [0.15, 0.2) is 5.15 Å². The third kappa shape index (κ3) is 1.10. The van der Waals surface area contributed by atoms with Gasteiger partial charge in [-0.15, -0.1) is 0 Å². The highest BCUT2D eigenvalue weighted by atomic mass is 35.5. The van der Waals surface area contributed by atoms with Crippen molar-refractivity contribution >= 4 is 22.6 Å². The van der Waals surface area contributed by atoms with E-state index in [1.54, 1.807) is 0 Å². The van der Waals surface area contributed by atoms with E-state index in [2.05, 4.69) is 15.0 Å². The van der Waals surface area contributed by atoms with Gasteiger partial charge in [0.2, 0.25) is 0 Å². The summed E-state index contributed by atoms with van der Waals surface area (Å²) in [4.78, 5) is 11.3. The van der Waals surface area contributed by atoms with Gasteiger partial charge in [0.25, 0.3) is 0 Å². The largest absolute Gasteiger partial charge is 0.248 e. The molecule has 0 radical (unpaired) electrons. The fourth-order valence-corrected chi connectivity index (χ4v) is 1.08. The number of nitrogens with zero attached hydrogens (tertiary/aromatic N) is 3. The van der Waals surface area contributed by atoms with Crippen molar-refractivity contribution in [2.75, 3.05) is 0 Å². The molecule has 0 bridgehead atoms. The maximum Gasteiger partial charge on any atom is 0.158 e. The molecule has 60 valence electrons. The lowest BCUT2D eigenvalue weighted by atomic mass is 10.4. The van der Waals surface area contributed by atoms with Gasteiger partial charge in [0, 0.05) is 6.07 Å². The molecule has 0 saturated heterocycles. The topological polar surface area (TPSA) is 38.7 Å². The second-order valence-corrected chi connectivity index (χ2v) is 2.54. The fraction of sp³-hybridized carbons (Fsp3) is 0. The van der Waals surface area contributed by atoms with Crippen LogP contribution in [0.4, 0.5) is 4.39 Å². The average Bonchev–Trinajstić information content (AvgIpc) is 2.04. The summed E-state index contributed by atoms with van der Waals surface area (Å²) in [5, 5.41) is 0.236. The Morgan fingerprint density at radius 3 is 2.92 bits per heavy atom. The van der Waals surface area contributed by atoms with E-state index in [9.17, 15) is 4.39 Å².